The van der Waals surface area contributed by atoms with Gasteiger partial charge in [-0.25, -0.2) is 0 Å². The van der Waals surface area contributed by atoms with E-state index in [9.17, 15) is 0 Å². The molecule has 0 atom stereocenters. The molecule has 0 saturated carbocycles. The number of guanidine groups is 1. The summed E-state index contributed by atoms with van der Waals surface area (Å²) in [6, 6.07) is 16.2. The van der Waals surface area contributed by atoms with E-state index in [1.54, 1.807) is 14.2 Å². The van der Waals surface area contributed by atoms with E-state index in [1.807, 2.05) is 38.1 Å². The fourth-order valence-electron chi connectivity index (χ4n) is 2.48. The molecule has 2 N–H and O–H groups in total. The van der Waals surface area contributed by atoms with Crippen LogP contribution in [0.3, 0.4) is 0 Å². The number of nitrogens with one attached hydrogen (secondary N) is 2. The molecular formula is C21H29N3O2. The molecular weight excluding hydrogens is 326 g/mol. The van der Waals surface area contributed by atoms with Crippen LogP contribution in [-0.2, 0) is 13.0 Å². The molecule has 0 fully saturated rings. The van der Waals surface area contributed by atoms with Gasteiger partial charge in [0.1, 0.15) is 11.5 Å². The van der Waals surface area contributed by atoms with Crippen LogP contribution < -0.4 is 20.1 Å². The number of ether oxygens (including phenoxy) is 2. The van der Waals surface area contributed by atoms with E-state index in [0.29, 0.717) is 6.54 Å². The Morgan fingerprint density at radius 1 is 0.923 bits per heavy atom. The zero-order valence-electron chi connectivity index (χ0n) is 16.1. The maximum Gasteiger partial charge on any atom is 0.191 e. The van der Waals surface area contributed by atoms with Crippen molar-refractivity contribution in [3.63, 3.8) is 0 Å². The lowest BCUT2D eigenvalue weighted by Gasteiger charge is -2.13. The van der Waals surface area contributed by atoms with Gasteiger partial charge in [-0.05, 0) is 55.7 Å². The summed E-state index contributed by atoms with van der Waals surface area (Å²) in [5.74, 6) is 2.57. The molecule has 2 aromatic carbocycles. The third kappa shape index (κ3) is 6.67. The summed E-state index contributed by atoms with van der Waals surface area (Å²) in [5, 5.41) is 6.67. The van der Waals surface area contributed by atoms with Crippen LogP contribution in [0.15, 0.2) is 53.5 Å². The molecule has 0 amide bonds. The number of rotatable bonds is 8. The van der Waals surface area contributed by atoms with Gasteiger partial charge in [0.05, 0.1) is 13.2 Å². The lowest BCUT2D eigenvalue weighted by molar-refractivity contribution is 0.242. The van der Waals surface area contributed by atoms with Crippen LogP contribution in [0.5, 0.6) is 11.5 Å². The number of hydrogen-bond acceptors (Lipinski definition) is 3. The van der Waals surface area contributed by atoms with Crippen LogP contribution in [0.1, 0.15) is 25.0 Å². The number of methoxy groups -OCH3 is 1. The molecule has 5 heteroatoms. The summed E-state index contributed by atoms with van der Waals surface area (Å²) in [6.45, 7) is 5.57. The van der Waals surface area contributed by atoms with Gasteiger partial charge in [-0.2, -0.15) is 0 Å². The highest BCUT2D eigenvalue weighted by Gasteiger charge is 2.01. The first-order chi connectivity index (χ1) is 12.6. The Morgan fingerprint density at radius 3 is 2.12 bits per heavy atom. The summed E-state index contributed by atoms with van der Waals surface area (Å²) in [7, 11) is 3.46. The average Bonchev–Trinajstić information content (AvgIpc) is 2.65. The van der Waals surface area contributed by atoms with E-state index in [0.717, 1.165) is 30.4 Å². The van der Waals surface area contributed by atoms with Gasteiger partial charge in [-0.1, -0.05) is 24.3 Å². The van der Waals surface area contributed by atoms with Gasteiger partial charge in [0, 0.05) is 20.1 Å². The van der Waals surface area contributed by atoms with E-state index in [2.05, 4.69) is 39.9 Å². The summed E-state index contributed by atoms with van der Waals surface area (Å²) < 4.78 is 10.8. The van der Waals surface area contributed by atoms with Crippen LogP contribution in [-0.4, -0.2) is 32.8 Å². The second kappa shape index (κ2) is 10.3. The van der Waals surface area contributed by atoms with Crippen LogP contribution in [0.4, 0.5) is 0 Å². The van der Waals surface area contributed by atoms with E-state index in [1.165, 1.54) is 11.1 Å². The van der Waals surface area contributed by atoms with E-state index >= 15 is 0 Å². The molecule has 0 aliphatic heterocycles. The monoisotopic (exact) mass is 355 g/mol. The second-order valence-corrected chi connectivity index (χ2v) is 6.26. The molecule has 5 nitrogen and oxygen atoms in total. The van der Waals surface area contributed by atoms with Crippen molar-refractivity contribution < 1.29 is 9.47 Å². The number of nitrogens with zero attached hydrogens (tertiary/aromatic N) is 1. The highest BCUT2D eigenvalue weighted by molar-refractivity contribution is 5.79. The predicted molar refractivity (Wildman–Crippen MR) is 107 cm³/mol. The predicted octanol–water partition coefficient (Wildman–Crippen LogP) is 3.39. The number of benzene rings is 2. The summed E-state index contributed by atoms with van der Waals surface area (Å²) in [5.41, 5.74) is 2.44. The van der Waals surface area contributed by atoms with Crippen molar-refractivity contribution in [1.82, 2.24) is 10.6 Å². The molecule has 0 saturated heterocycles. The number of aliphatic imine (C=N–C) groups is 1. The van der Waals surface area contributed by atoms with Gasteiger partial charge < -0.3 is 20.1 Å². The molecule has 2 rings (SSSR count). The number of hydrogen-bond donors (Lipinski definition) is 2. The standard InChI is InChI=1S/C21H29N3O2/c1-16(2)26-20-11-7-18(8-12-20)15-24-21(22-3)23-14-13-17-5-9-19(25-4)10-6-17/h5-12,16H,13-15H2,1-4H3,(H2,22,23,24). The molecule has 2 aromatic rings. The Bertz CT molecular complexity index is 679. The topological polar surface area (TPSA) is 54.9 Å². The smallest absolute Gasteiger partial charge is 0.191 e. The van der Waals surface area contributed by atoms with Crippen molar-refractivity contribution >= 4 is 5.96 Å². The minimum Gasteiger partial charge on any atom is -0.497 e. The molecule has 0 heterocycles. The Morgan fingerprint density at radius 2 is 1.54 bits per heavy atom. The Hall–Kier alpha value is -2.69. The first-order valence-corrected chi connectivity index (χ1v) is 8.93. The summed E-state index contributed by atoms with van der Waals surface area (Å²) >= 11 is 0. The third-order valence-corrected chi connectivity index (χ3v) is 3.84. The quantitative estimate of drug-likeness (QED) is 0.563. The molecule has 0 bridgehead atoms. The largest absolute Gasteiger partial charge is 0.497 e. The van der Waals surface area contributed by atoms with Crippen LogP contribution in [0.2, 0.25) is 0 Å². The Balaban J connectivity index is 1.74. The first kappa shape index (κ1) is 19.6. The molecule has 0 aromatic heterocycles. The van der Waals surface area contributed by atoms with Gasteiger partial charge in [0.25, 0.3) is 0 Å². The molecule has 140 valence electrons. The van der Waals surface area contributed by atoms with Crippen LogP contribution >= 0.6 is 0 Å². The summed E-state index contributed by atoms with van der Waals surface area (Å²) in [6.07, 6.45) is 1.11. The normalized spacial score (nSPS) is 11.3. The fraction of sp³-hybridized carbons (Fsp3) is 0.381. The van der Waals surface area contributed by atoms with E-state index < -0.39 is 0 Å². The van der Waals surface area contributed by atoms with Crippen LogP contribution in [0, 0.1) is 0 Å². The zero-order chi connectivity index (χ0) is 18.8. The van der Waals surface area contributed by atoms with Crippen molar-refractivity contribution in [2.24, 2.45) is 4.99 Å². The fourth-order valence-corrected chi connectivity index (χ4v) is 2.48. The lowest BCUT2D eigenvalue weighted by atomic mass is 10.1. The van der Waals surface area contributed by atoms with Gasteiger partial charge in [-0.3, -0.25) is 4.99 Å². The van der Waals surface area contributed by atoms with Crippen molar-refractivity contribution in [3.05, 3.63) is 59.7 Å². The van der Waals surface area contributed by atoms with Crippen molar-refractivity contribution in [2.75, 3.05) is 20.7 Å². The zero-order valence-corrected chi connectivity index (χ0v) is 16.1. The second-order valence-electron chi connectivity index (χ2n) is 6.26. The maximum atomic E-state index is 5.66. The molecule has 0 aliphatic carbocycles. The highest BCUT2D eigenvalue weighted by Crippen LogP contribution is 2.14. The molecule has 0 aliphatic rings. The minimum absolute atomic E-state index is 0.188. The summed E-state index contributed by atoms with van der Waals surface area (Å²) in [4.78, 5) is 4.27. The van der Waals surface area contributed by atoms with Crippen molar-refractivity contribution in [1.29, 1.82) is 0 Å². The minimum atomic E-state index is 0.188. The Labute approximate surface area is 156 Å². The molecule has 0 unspecified atom stereocenters. The maximum absolute atomic E-state index is 5.66. The molecule has 0 radical (unpaired) electrons. The first-order valence-electron chi connectivity index (χ1n) is 8.93. The van der Waals surface area contributed by atoms with Crippen LogP contribution in [0.25, 0.3) is 0 Å². The van der Waals surface area contributed by atoms with Gasteiger partial charge in [-0.15, -0.1) is 0 Å². The van der Waals surface area contributed by atoms with Gasteiger partial charge >= 0.3 is 0 Å². The van der Waals surface area contributed by atoms with E-state index in [-0.39, 0.29) is 6.10 Å². The molecule has 26 heavy (non-hydrogen) atoms. The third-order valence-electron chi connectivity index (χ3n) is 3.84. The SMILES string of the molecule is CN=C(NCCc1ccc(OC)cc1)NCc1ccc(OC(C)C)cc1. The van der Waals surface area contributed by atoms with Gasteiger partial charge in [0.2, 0.25) is 0 Å². The average molecular weight is 355 g/mol. The molecule has 0 spiro atoms. The van der Waals surface area contributed by atoms with E-state index in [4.69, 9.17) is 9.47 Å². The lowest BCUT2D eigenvalue weighted by Crippen LogP contribution is -2.37. The van der Waals surface area contributed by atoms with Gasteiger partial charge in [0.15, 0.2) is 5.96 Å². The Kier molecular flexibility index (Phi) is 7.80. The highest BCUT2D eigenvalue weighted by atomic mass is 16.5. The van der Waals surface area contributed by atoms with Crippen molar-refractivity contribution in [2.45, 2.75) is 32.9 Å². The van der Waals surface area contributed by atoms with Crippen molar-refractivity contribution in [3.8, 4) is 11.5 Å².